The van der Waals surface area contributed by atoms with Crippen LogP contribution >= 0.6 is 0 Å². The van der Waals surface area contributed by atoms with Crippen LogP contribution in [0, 0.1) is 17.7 Å². The van der Waals surface area contributed by atoms with Gasteiger partial charge in [-0.25, -0.2) is 0 Å². The van der Waals surface area contributed by atoms with Crippen LogP contribution in [0.4, 0.5) is 5.82 Å². The number of nitrogens with one attached hydrogen (secondary N) is 1. The summed E-state index contributed by atoms with van der Waals surface area (Å²) in [5.41, 5.74) is 7.81. The molecular formula is C14H25N5. The van der Waals surface area contributed by atoms with Crippen molar-refractivity contribution in [1.29, 1.82) is 5.41 Å². The molecule has 106 valence electrons. The molecule has 1 aliphatic rings. The highest BCUT2D eigenvalue weighted by atomic mass is 15.4. The molecule has 0 aliphatic carbocycles. The second-order valence-electron chi connectivity index (χ2n) is 5.97. The van der Waals surface area contributed by atoms with Crippen molar-refractivity contribution in [3.8, 4) is 0 Å². The van der Waals surface area contributed by atoms with Gasteiger partial charge in [0.05, 0.1) is 11.3 Å². The van der Waals surface area contributed by atoms with E-state index in [0.29, 0.717) is 5.41 Å². The van der Waals surface area contributed by atoms with E-state index in [0.717, 1.165) is 30.2 Å². The number of nitrogen functional groups attached to an aromatic ring is 1. The molecule has 0 spiro atoms. The predicted octanol–water partition coefficient (Wildman–Crippen LogP) is 2.03. The molecule has 0 aromatic carbocycles. The van der Waals surface area contributed by atoms with Gasteiger partial charge in [0.1, 0.15) is 11.7 Å². The average Bonchev–Trinajstić information content (AvgIpc) is 2.65. The minimum Gasteiger partial charge on any atom is -0.384 e. The Balaban J connectivity index is 2.27. The monoisotopic (exact) mass is 263 g/mol. The number of aromatic nitrogens is 2. The highest BCUT2D eigenvalue weighted by Gasteiger charge is 2.31. The normalized spacial score (nSPS) is 18.6. The van der Waals surface area contributed by atoms with Crippen LogP contribution in [0.1, 0.15) is 44.4 Å². The molecule has 2 heterocycles. The molecule has 1 aliphatic heterocycles. The summed E-state index contributed by atoms with van der Waals surface area (Å²) in [7, 11) is 1.93. The topological polar surface area (TPSA) is 70.9 Å². The molecule has 0 amide bonds. The molecule has 1 aromatic rings. The smallest absolute Gasteiger partial charge is 0.137 e. The predicted molar refractivity (Wildman–Crippen MR) is 78.8 cm³/mol. The van der Waals surface area contributed by atoms with Crippen molar-refractivity contribution in [2.24, 2.45) is 18.2 Å². The second kappa shape index (κ2) is 4.87. The zero-order valence-electron chi connectivity index (χ0n) is 12.5. The van der Waals surface area contributed by atoms with Crippen LogP contribution in [0.2, 0.25) is 0 Å². The van der Waals surface area contributed by atoms with Gasteiger partial charge in [0.25, 0.3) is 0 Å². The molecule has 19 heavy (non-hydrogen) atoms. The summed E-state index contributed by atoms with van der Waals surface area (Å²) >= 11 is 0. The Kier molecular flexibility index (Phi) is 3.56. The van der Waals surface area contributed by atoms with Gasteiger partial charge in [-0.2, -0.15) is 5.10 Å². The van der Waals surface area contributed by atoms with Crippen LogP contribution in [0.15, 0.2) is 0 Å². The zero-order valence-corrected chi connectivity index (χ0v) is 12.5. The van der Waals surface area contributed by atoms with Gasteiger partial charge in [-0.05, 0) is 25.2 Å². The summed E-state index contributed by atoms with van der Waals surface area (Å²) in [5, 5.41) is 12.2. The van der Waals surface area contributed by atoms with Gasteiger partial charge >= 0.3 is 0 Å². The molecule has 5 nitrogen and oxygen atoms in total. The SMILES string of the molecule is CCC1(C)CCN(c2c(C(=N)N)c(C)nn2C)CC1. The fraction of sp³-hybridized carbons (Fsp3) is 0.714. The fourth-order valence-corrected chi connectivity index (χ4v) is 2.94. The van der Waals surface area contributed by atoms with E-state index < -0.39 is 0 Å². The quantitative estimate of drug-likeness (QED) is 0.647. The lowest BCUT2D eigenvalue weighted by Gasteiger charge is -2.40. The highest BCUT2D eigenvalue weighted by molar-refractivity contribution is 6.00. The minimum absolute atomic E-state index is 0.115. The number of aryl methyl sites for hydroxylation is 2. The maximum absolute atomic E-state index is 7.76. The van der Waals surface area contributed by atoms with Gasteiger partial charge in [-0.3, -0.25) is 10.1 Å². The first kappa shape index (κ1) is 13.9. The van der Waals surface area contributed by atoms with Crippen LogP contribution in [-0.2, 0) is 7.05 Å². The molecule has 1 fully saturated rings. The van der Waals surface area contributed by atoms with E-state index in [1.807, 2.05) is 18.7 Å². The number of piperidine rings is 1. The minimum atomic E-state index is 0.115. The maximum atomic E-state index is 7.76. The van der Waals surface area contributed by atoms with Crippen molar-refractivity contribution in [2.75, 3.05) is 18.0 Å². The molecule has 1 aromatic heterocycles. The molecule has 2 rings (SSSR count). The van der Waals surface area contributed by atoms with Crippen LogP contribution in [-0.4, -0.2) is 28.7 Å². The molecular weight excluding hydrogens is 238 g/mol. The number of nitrogens with two attached hydrogens (primary N) is 1. The van der Waals surface area contributed by atoms with Crippen LogP contribution in [0.25, 0.3) is 0 Å². The van der Waals surface area contributed by atoms with Crippen LogP contribution in [0.5, 0.6) is 0 Å². The van der Waals surface area contributed by atoms with Gasteiger partial charge in [0.2, 0.25) is 0 Å². The first-order chi connectivity index (χ1) is 8.88. The first-order valence-corrected chi connectivity index (χ1v) is 7.01. The van der Waals surface area contributed by atoms with E-state index in [-0.39, 0.29) is 5.84 Å². The van der Waals surface area contributed by atoms with Crippen molar-refractivity contribution in [1.82, 2.24) is 9.78 Å². The number of nitrogens with zero attached hydrogens (tertiary/aromatic N) is 3. The molecule has 1 saturated heterocycles. The summed E-state index contributed by atoms with van der Waals surface area (Å²) in [6.45, 7) is 8.59. The summed E-state index contributed by atoms with van der Waals surface area (Å²) in [6, 6.07) is 0. The van der Waals surface area contributed by atoms with Crippen molar-refractivity contribution in [3.05, 3.63) is 11.3 Å². The summed E-state index contributed by atoms with van der Waals surface area (Å²) < 4.78 is 1.86. The molecule has 5 heteroatoms. The second-order valence-corrected chi connectivity index (χ2v) is 5.97. The molecule has 0 bridgehead atoms. The molecule has 0 unspecified atom stereocenters. The zero-order chi connectivity index (χ0) is 14.2. The number of anilines is 1. The standard InChI is InChI=1S/C14H25N5/c1-5-14(3)6-8-19(9-7-14)13-11(12(15)16)10(2)17-18(13)4/h5-9H2,1-4H3,(H3,15,16). The summed E-state index contributed by atoms with van der Waals surface area (Å²) in [4.78, 5) is 2.33. The third kappa shape index (κ3) is 2.46. The summed E-state index contributed by atoms with van der Waals surface area (Å²) in [5.74, 6) is 1.12. The van der Waals surface area contributed by atoms with E-state index in [1.54, 1.807) is 0 Å². The number of rotatable bonds is 3. The Hall–Kier alpha value is -1.52. The van der Waals surface area contributed by atoms with Gasteiger partial charge in [0.15, 0.2) is 0 Å². The van der Waals surface area contributed by atoms with E-state index in [2.05, 4.69) is 23.8 Å². The molecule has 3 N–H and O–H groups in total. The Morgan fingerprint density at radius 3 is 2.47 bits per heavy atom. The summed E-state index contributed by atoms with van der Waals surface area (Å²) in [6.07, 6.45) is 3.60. The Labute approximate surface area is 115 Å². The van der Waals surface area contributed by atoms with Crippen LogP contribution in [0.3, 0.4) is 0 Å². The maximum Gasteiger partial charge on any atom is 0.137 e. The number of amidine groups is 1. The lowest BCUT2D eigenvalue weighted by molar-refractivity contribution is 0.237. The molecule has 0 atom stereocenters. The Bertz CT molecular complexity index is 480. The fourth-order valence-electron chi connectivity index (χ4n) is 2.94. The highest BCUT2D eigenvalue weighted by Crippen LogP contribution is 2.36. The largest absolute Gasteiger partial charge is 0.384 e. The lowest BCUT2D eigenvalue weighted by atomic mass is 9.78. The molecule has 0 radical (unpaired) electrons. The molecule has 0 saturated carbocycles. The number of hydrogen-bond acceptors (Lipinski definition) is 3. The van der Waals surface area contributed by atoms with E-state index in [4.69, 9.17) is 11.1 Å². The van der Waals surface area contributed by atoms with Gasteiger partial charge in [-0.15, -0.1) is 0 Å². The third-order valence-corrected chi connectivity index (χ3v) is 4.58. The Morgan fingerprint density at radius 1 is 1.42 bits per heavy atom. The van der Waals surface area contributed by atoms with E-state index >= 15 is 0 Å². The lowest BCUT2D eigenvalue weighted by Crippen LogP contribution is -2.40. The Morgan fingerprint density at radius 2 is 2.00 bits per heavy atom. The van der Waals surface area contributed by atoms with Gasteiger partial charge < -0.3 is 10.6 Å². The van der Waals surface area contributed by atoms with Crippen LogP contribution < -0.4 is 10.6 Å². The average molecular weight is 263 g/mol. The third-order valence-electron chi connectivity index (χ3n) is 4.58. The van der Waals surface area contributed by atoms with Crippen molar-refractivity contribution in [2.45, 2.75) is 40.0 Å². The van der Waals surface area contributed by atoms with E-state index in [1.165, 1.54) is 19.3 Å². The van der Waals surface area contributed by atoms with Crippen molar-refractivity contribution >= 4 is 11.7 Å². The van der Waals surface area contributed by atoms with E-state index in [9.17, 15) is 0 Å². The number of hydrogen-bond donors (Lipinski definition) is 2. The van der Waals surface area contributed by atoms with Crippen molar-refractivity contribution < 1.29 is 0 Å². The van der Waals surface area contributed by atoms with Gasteiger partial charge in [0, 0.05) is 20.1 Å². The van der Waals surface area contributed by atoms with Gasteiger partial charge in [-0.1, -0.05) is 20.3 Å². The van der Waals surface area contributed by atoms with Crippen molar-refractivity contribution in [3.63, 3.8) is 0 Å². The first-order valence-electron chi connectivity index (χ1n) is 7.01.